The highest BCUT2D eigenvalue weighted by Gasteiger charge is 2.34. The SMILES string of the molecule is O=C(c1n[nH]c2c1CCCC2)N1CCC[C@@H]1c1cc(Nc2ccccn2)n[nH]1. The number of nitrogens with one attached hydrogen (secondary N) is 3. The minimum Gasteiger partial charge on any atom is -0.329 e. The summed E-state index contributed by atoms with van der Waals surface area (Å²) in [6.07, 6.45) is 7.84. The molecule has 5 rings (SSSR count). The minimum atomic E-state index is -0.00442. The van der Waals surface area contributed by atoms with Crippen LogP contribution in [0.5, 0.6) is 0 Å². The number of anilines is 2. The highest BCUT2D eigenvalue weighted by Crippen LogP contribution is 2.34. The Morgan fingerprint density at radius 3 is 2.93 bits per heavy atom. The number of likely N-dealkylation sites (tertiary alicyclic amines) is 1. The average molecular weight is 377 g/mol. The van der Waals surface area contributed by atoms with E-state index in [1.807, 2.05) is 29.2 Å². The molecule has 1 aliphatic heterocycles. The lowest BCUT2D eigenvalue weighted by Gasteiger charge is -2.23. The molecule has 0 saturated carbocycles. The lowest BCUT2D eigenvalue weighted by atomic mass is 9.95. The van der Waals surface area contributed by atoms with E-state index in [1.54, 1.807) is 6.20 Å². The summed E-state index contributed by atoms with van der Waals surface area (Å²) in [4.78, 5) is 19.4. The van der Waals surface area contributed by atoms with Gasteiger partial charge < -0.3 is 10.2 Å². The van der Waals surface area contributed by atoms with Crippen molar-refractivity contribution in [1.29, 1.82) is 0 Å². The normalized spacial score (nSPS) is 18.9. The van der Waals surface area contributed by atoms with E-state index in [-0.39, 0.29) is 11.9 Å². The number of amides is 1. The van der Waals surface area contributed by atoms with Crippen molar-refractivity contribution in [3.8, 4) is 0 Å². The number of aromatic nitrogens is 5. The van der Waals surface area contributed by atoms with Gasteiger partial charge >= 0.3 is 0 Å². The molecule has 1 fully saturated rings. The summed E-state index contributed by atoms with van der Waals surface area (Å²) in [7, 11) is 0. The third-order valence-corrected chi connectivity index (χ3v) is 5.65. The van der Waals surface area contributed by atoms with Crippen LogP contribution in [0.2, 0.25) is 0 Å². The van der Waals surface area contributed by atoms with E-state index in [1.165, 1.54) is 0 Å². The van der Waals surface area contributed by atoms with Gasteiger partial charge in [0.2, 0.25) is 0 Å². The van der Waals surface area contributed by atoms with Crippen LogP contribution in [0.3, 0.4) is 0 Å². The summed E-state index contributed by atoms with van der Waals surface area (Å²) in [6, 6.07) is 7.64. The molecule has 0 radical (unpaired) electrons. The Morgan fingerprint density at radius 2 is 2.04 bits per heavy atom. The van der Waals surface area contributed by atoms with Gasteiger partial charge in [-0.05, 0) is 50.7 Å². The first kappa shape index (κ1) is 17.0. The summed E-state index contributed by atoms with van der Waals surface area (Å²) in [6.45, 7) is 0.743. The van der Waals surface area contributed by atoms with Gasteiger partial charge in [-0.3, -0.25) is 15.0 Å². The van der Waals surface area contributed by atoms with Crippen LogP contribution in [0.25, 0.3) is 0 Å². The Bertz CT molecular complexity index is 978. The molecule has 28 heavy (non-hydrogen) atoms. The largest absolute Gasteiger partial charge is 0.329 e. The topological polar surface area (TPSA) is 103 Å². The molecule has 3 N–H and O–H groups in total. The van der Waals surface area contributed by atoms with Gasteiger partial charge in [-0.25, -0.2) is 4.98 Å². The fourth-order valence-corrected chi connectivity index (χ4v) is 4.27. The Labute approximate surface area is 162 Å². The fraction of sp³-hybridized carbons (Fsp3) is 0.400. The number of aryl methyl sites for hydroxylation is 1. The van der Waals surface area contributed by atoms with Crippen LogP contribution in [0.1, 0.15) is 59.2 Å². The number of hydrogen-bond acceptors (Lipinski definition) is 5. The van der Waals surface area contributed by atoms with Crippen LogP contribution in [0, 0.1) is 0 Å². The van der Waals surface area contributed by atoms with Gasteiger partial charge in [-0.15, -0.1) is 0 Å². The van der Waals surface area contributed by atoms with E-state index in [4.69, 9.17) is 0 Å². The molecule has 0 spiro atoms. The van der Waals surface area contributed by atoms with E-state index >= 15 is 0 Å². The quantitative estimate of drug-likeness (QED) is 0.648. The molecule has 3 aromatic rings. The van der Waals surface area contributed by atoms with E-state index in [0.29, 0.717) is 11.5 Å². The number of carbonyl (C=O) groups is 1. The zero-order valence-corrected chi connectivity index (χ0v) is 15.6. The van der Waals surface area contributed by atoms with E-state index in [2.05, 4.69) is 30.7 Å². The summed E-state index contributed by atoms with van der Waals surface area (Å²) in [5.74, 6) is 1.46. The van der Waals surface area contributed by atoms with Crippen LogP contribution in [0.4, 0.5) is 11.6 Å². The Balaban J connectivity index is 1.36. The molecule has 0 bridgehead atoms. The van der Waals surface area contributed by atoms with Crippen molar-refractivity contribution in [2.75, 3.05) is 11.9 Å². The second-order valence-electron chi connectivity index (χ2n) is 7.44. The maximum atomic E-state index is 13.2. The van der Waals surface area contributed by atoms with Gasteiger partial charge in [0, 0.05) is 30.1 Å². The van der Waals surface area contributed by atoms with Crippen LogP contribution in [-0.2, 0) is 12.8 Å². The van der Waals surface area contributed by atoms with Crippen LogP contribution in [-0.4, -0.2) is 42.7 Å². The first-order chi connectivity index (χ1) is 13.8. The van der Waals surface area contributed by atoms with Crippen molar-refractivity contribution in [3.05, 3.63) is 53.1 Å². The summed E-state index contributed by atoms with van der Waals surface area (Å²) < 4.78 is 0. The van der Waals surface area contributed by atoms with Crippen molar-refractivity contribution in [2.45, 2.75) is 44.6 Å². The number of fused-ring (bicyclic) bond motifs is 1. The van der Waals surface area contributed by atoms with Crippen LogP contribution < -0.4 is 5.32 Å². The third-order valence-electron chi connectivity index (χ3n) is 5.65. The molecule has 3 aromatic heterocycles. The highest BCUT2D eigenvalue weighted by atomic mass is 16.2. The van der Waals surface area contributed by atoms with Gasteiger partial charge in [0.15, 0.2) is 11.5 Å². The van der Waals surface area contributed by atoms with Gasteiger partial charge in [0.1, 0.15) is 5.82 Å². The third kappa shape index (κ3) is 3.04. The van der Waals surface area contributed by atoms with Gasteiger partial charge in [-0.2, -0.15) is 10.2 Å². The molecule has 144 valence electrons. The molecule has 0 unspecified atom stereocenters. The maximum absolute atomic E-state index is 13.2. The maximum Gasteiger partial charge on any atom is 0.275 e. The standard InChI is InChI=1S/C20H23N7O/c28-20(19-13-6-1-2-7-14(13)23-26-19)27-11-5-8-16(27)15-12-18(25-24-15)22-17-9-3-4-10-21-17/h3-4,9-10,12,16H,1-2,5-8,11H2,(H,23,26)(H2,21,22,24,25)/t16-/m1/s1. The first-order valence-corrected chi connectivity index (χ1v) is 9.90. The van der Waals surface area contributed by atoms with Crippen molar-refractivity contribution in [3.63, 3.8) is 0 Å². The number of hydrogen-bond donors (Lipinski definition) is 3. The summed E-state index contributed by atoms with van der Waals surface area (Å²) in [5.41, 5.74) is 3.79. The number of nitrogens with zero attached hydrogens (tertiary/aromatic N) is 4. The second kappa shape index (κ2) is 7.10. The summed E-state index contributed by atoms with van der Waals surface area (Å²) in [5, 5.41) is 18.1. The predicted molar refractivity (Wildman–Crippen MR) is 104 cm³/mol. The highest BCUT2D eigenvalue weighted by molar-refractivity contribution is 5.94. The number of H-pyrrole nitrogens is 2. The molecule has 2 aliphatic rings. The Morgan fingerprint density at radius 1 is 1.11 bits per heavy atom. The van der Waals surface area contributed by atoms with E-state index in [0.717, 1.165) is 67.8 Å². The molecule has 8 heteroatoms. The van der Waals surface area contributed by atoms with Crippen LogP contribution >= 0.6 is 0 Å². The smallest absolute Gasteiger partial charge is 0.275 e. The van der Waals surface area contributed by atoms with Crippen molar-refractivity contribution < 1.29 is 4.79 Å². The van der Waals surface area contributed by atoms with E-state index in [9.17, 15) is 4.79 Å². The first-order valence-electron chi connectivity index (χ1n) is 9.90. The summed E-state index contributed by atoms with van der Waals surface area (Å²) >= 11 is 0. The van der Waals surface area contributed by atoms with Crippen molar-refractivity contribution in [2.24, 2.45) is 0 Å². The monoisotopic (exact) mass is 377 g/mol. The van der Waals surface area contributed by atoms with E-state index < -0.39 is 0 Å². The Kier molecular flexibility index (Phi) is 4.31. The molecule has 1 amide bonds. The molecule has 8 nitrogen and oxygen atoms in total. The van der Waals surface area contributed by atoms with Gasteiger partial charge in [0.05, 0.1) is 11.7 Å². The molecule has 1 atom stereocenters. The number of carbonyl (C=O) groups excluding carboxylic acids is 1. The average Bonchev–Trinajstić information content (AvgIpc) is 3.47. The molecular weight excluding hydrogens is 354 g/mol. The molecule has 4 heterocycles. The molecular formula is C20H23N7O. The van der Waals surface area contributed by atoms with Crippen molar-refractivity contribution >= 4 is 17.5 Å². The van der Waals surface area contributed by atoms with Gasteiger partial charge in [0.25, 0.3) is 5.91 Å². The Hall–Kier alpha value is -3.16. The molecule has 1 saturated heterocycles. The number of aromatic amines is 2. The molecule has 1 aliphatic carbocycles. The van der Waals surface area contributed by atoms with Crippen LogP contribution in [0.15, 0.2) is 30.5 Å². The number of pyridine rings is 1. The lowest BCUT2D eigenvalue weighted by molar-refractivity contribution is 0.0725. The minimum absolute atomic E-state index is 0.00442. The fourth-order valence-electron chi connectivity index (χ4n) is 4.27. The zero-order chi connectivity index (χ0) is 18.9. The molecule has 0 aromatic carbocycles. The lowest BCUT2D eigenvalue weighted by Crippen LogP contribution is -2.31. The zero-order valence-electron chi connectivity index (χ0n) is 15.6. The second-order valence-corrected chi connectivity index (χ2v) is 7.44. The van der Waals surface area contributed by atoms with Gasteiger partial charge in [-0.1, -0.05) is 6.07 Å². The van der Waals surface area contributed by atoms with Crippen molar-refractivity contribution in [1.82, 2.24) is 30.3 Å². The predicted octanol–water partition coefficient (Wildman–Crippen LogP) is 3.13. The number of rotatable bonds is 4.